The number of benzene rings is 1. The van der Waals surface area contributed by atoms with Crippen molar-refractivity contribution in [3.05, 3.63) is 48.2 Å². The van der Waals surface area contributed by atoms with Crippen LogP contribution in [-0.2, 0) is 4.79 Å². The van der Waals surface area contributed by atoms with Crippen molar-refractivity contribution in [2.45, 2.75) is 20.8 Å². The number of hydrogen-bond donors (Lipinski definition) is 1. The number of piperazine rings is 1. The lowest BCUT2D eigenvalue weighted by Crippen LogP contribution is -2.51. The summed E-state index contributed by atoms with van der Waals surface area (Å²) < 4.78 is 0. The summed E-state index contributed by atoms with van der Waals surface area (Å²) in [6, 6.07) is 10.7. The molecule has 0 atom stereocenters. The number of nitrogens with one attached hydrogen (secondary N) is 1. The molecule has 2 aliphatic rings. The topological polar surface area (TPSA) is 68.8 Å². The third-order valence-electron chi connectivity index (χ3n) is 5.41. The summed E-state index contributed by atoms with van der Waals surface area (Å²) in [6.45, 7) is 11.7. The third kappa shape index (κ3) is 4.37. The van der Waals surface area contributed by atoms with E-state index in [0.717, 1.165) is 32.7 Å². The number of para-hydroxylation sites is 1. The molecule has 158 valence electrons. The van der Waals surface area contributed by atoms with Crippen molar-refractivity contribution in [2.75, 3.05) is 49.5 Å². The summed E-state index contributed by atoms with van der Waals surface area (Å²) in [4.78, 5) is 36.8. The van der Waals surface area contributed by atoms with Gasteiger partial charge in [-0.1, -0.05) is 32.9 Å². The Morgan fingerprint density at radius 2 is 1.73 bits per heavy atom. The standard InChI is InChI=1S/C23H29N5O2/c1-23(2,3)16-27-13-11-26(12-14-27)15-20(29)28-19-9-5-4-7-17(19)22(30)25-18-8-6-10-24-21(18)28/h4-10H,11-16H2,1-3H3,(H,25,30). The minimum absolute atomic E-state index is 0.0804. The Balaban J connectivity index is 1.54. The van der Waals surface area contributed by atoms with Crippen molar-refractivity contribution in [1.82, 2.24) is 14.8 Å². The molecule has 0 spiro atoms. The predicted octanol–water partition coefficient (Wildman–Crippen LogP) is 2.98. The van der Waals surface area contributed by atoms with E-state index < -0.39 is 0 Å². The number of hydrogen-bond acceptors (Lipinski definition) is 5. The van der Waals surface area contributed by atoms with Crippen molar-refractivity contribution < 1.29 is 9.59 Å². The van der Waals surface area contributed by atoms with E-state index in [0.29, 0.717) is 29.3 Å². The van der Waals surface area contributed by atoms with Crippen LogP contribution in [0.1, 0.15) is 31.1 Å². The Labute approximate surface area is 177 Å². The van der Waals surface area contributed by atoms with Crippen LogP contribution in [-0.4, -0.2) is 65.9 Å². The number of nitrogens with zero attached hydrogens (tertiary/aromatic N) is 4. The molecule has 2 amide bonds. The van der Waals surface area contributed by atoms with Crippen molar-refractivity contribution >= 4 is 29.0 Å². The van der Waals surface area contributed by atoms with E-state index in [1.54, 1.807) is 41.4 Å². The fourth-order valence-corrected chi connectivity index (χ4v) is 4.13. The summed E-state index contributed by atoms with van der Waals surface area (Å²) in [7, 11) is 0. The molecule has 3 heterocycles. The Bertz CT molecular complexity index is 945. The first-order chi connectivity index (χ1) is 14.3. The molecule has 1 aromatic heterocycles. The summed E-state index contributed by atoms with van der Waals surface area (Å²) in [6.07, 6.45) is 1.64. The average molecular weight is 408 g/mol. The molecule has 4 rings (SSSR count). The largest absolute Gasteiger partial charge is 0.319 e. The number of anilines is 3. The summed E-state index contributed by atoms with van der Waals surface area (Å²) in [5.74, 6) is 0.154. The molecule has 30 heavy (non-hydrogen) atoms. The number of amides is 2. The van der Waals surface area contributed by atoms with Crippen LogP contribution in [0.2, 0.25) is 0 Å². The molecule has 0 unspecified atom stereocenters. The number of pyridine rings is 1. The van der Waals surface area contributed by atoms with Gasteiger partial charge in [0.1, 0.15) is 0 Å². The molecule has 1 N–H and O–H groups in total. The fraction of sp³-hybridized carbons (Fsp3) is 0.435. The van der Waals surface area contributed by atoms with Gasteiger partial charge in [-0.05, 0) is 29.7 Å². The highest BCUT2D eigenvalue weighted by atomic mass is 16.2. The number of aromatic nitrogens is 1. The lowest BCUT2D eigenvalue weighted by atomic mass is 9.96. The molecule has 0 saturated carbocycles. The van der Waals surface area contributed by atoms with Crippen molar-refractivity contribution in [2.24, 2.45) is 5.41 Å². The van der Waals surface area contributed by atoms with Gasteiger partial charge in [-0.2, -0.15) is 0 Å². The van der Waals surface area contributed by atoms with E-state index in [-0.39, 0.29) is 17.2 Å². The quantitative estimate of drug-likeness (QED) is 0.847. The molecule has 7 nitrogen and oxygen atoms in total. The molecule has 2 aliphatic heterocycles. The van der Waals surface area contributed by atoms with Crippen LogP contribution < -0.4 is 10.2 Å². The summed E-state index contributed by atoms with van der Waals surface area (Å²) in [5.41, 5.74) is 1.85. The van der Waals surface area contributed by atoms with Crippen LogP contribution in [0, 0.1) is 5.41 Å². The molecule has 0 bridgehead atoms. The van der Waals surface area contributed by atoms with Crippen LogP contribution in [0.5, 0.6) is 0 Å². The monoisotopic (exact) mass is 407 g/mol. The molecular formula is C23H29N5O2. The predicted molar refractivity (Wildman–Crippen MR) is 118 cm³/mol. The minimum Gasteiger partial charge on any atom is -0.319 e. The zero-order chi connectivity index (χ0) is 21.3. The van der Waals surface area contributed by atoms with Gasteiger partial charge in [0.2, 0.25) is 5.91 Å². The van der Waals surface area contributed by atoms with Gasteiger partial charge >= 0.3 is 0 Å². The van der Waals surface area contributed by atoms with Crippen molar-refractivity contribution in [1.29, 1.82) is 0 Å². The van der Waals surface area contributed by atoms with Gasteiger partial charge in [-0.3, -0.25) is 19.4 Å². The van der Waals surface area contributed by atoms with Crippen LogP contribution in [0.25, 0.3) is 0 Å². The van der Waals surface area contributed by atoms with E-state index in [9.17, 15) is 9.59 Å². The van der Waals surface area contributed by atoms with Gasteiger partial charge in [0.05, 0.1) is 23.5 Å². The first-order valence-electron chi connectivity index (χ1n) is 10.4. The Kier molecular flexibility index (Phi) is 5.58. The van der Waals surface area contributed by atoms with Gasteiger partial charge in [-0.15, -0.1) is 0 Å². The van der Waals surface area contributed by atoms with Crippen LogP contribution in [0.15, 0.2) is 42.6 Å². The van der Waals surface area contributed by atoms with E-state index in [2.05, 4.69) is 40.9 Å². The number of rotatable bonds is 3. The second-order valence-electron chi connectivity index (χ2n) is 9.19. The Hall–Kier alpha value is -2.77. The number of fused-ring (bicyclic) bond motifs is 2. The second-order valence-corrected chi connectivity index (χ2v) is 9.19. The highest BCUT2D eigenvalue weighted by Crippen LogP contribution is 2.36. The van der Waals surface area contributed by atoms with E-state index in [4.69, 9.17) is 0 Å². The highest BCUT2D eigenvalue weighted by Gasteiger charge is 2.31. The SMILES string of the molecule is CC(C)(C)CN1CCN(CC(=O)N2c3ccccc3C(=O)Nc3cccnc32)CC1. The molecule has 1 saturated heterocycles. The average Bonchev–Trinajstić information content (AvgIpc) is 2.82. The zero-order valence-corrected chi connectivity index (χ0v) is 17.9. The molecular weight excluding hydrogens is 378 g/mol. The zero-order valence-electron chi connectivity index (χ0n) is 17.9. The van der Waals surface area contributed by atoms with E-state index in [1.807, 2.05) is 6.07 Å². The first-order valence-corrected chi connectivity index (χ1v) is 10.4. The first kappa shape index (κ1) is 20.5. The normalized spacial score (nSPS) is 17.7. The lowest BCUT2D eigenvalue weighted by Gasteiger charge is -2.38. The van der Waals surface area contributed by atoms with E-state index in [1.165, 1.54) is 0 Å². The van der Waals surface area contributed by atoms with Crippen LogP contribution in [0.3, 0.4) is 0 Å². The summed E-state index contributed by atoms with van der Waals surface area (Å²) >= 11 is 0. The van der Waals surface area contributed by atoms with Gasteiger partial charge < -0.3 is 10.2 Å². The molecule has 1 aromatic carbocycles. The van der Waals surface area contributed by atoms with Crippen molar-refractivity contribution in [3.8, 4) is 0 Å². The van der Waals surface area contributed by atoms with Crippen LogP contribution >= 0.6 is 0 Å². The molecule has 1 fully saturated rings. The maximum atomic E-state index is 13.5. The molecule has 0 aliphatic carbocycles. The maximum absolute atomic E-state index is 13.5. The lowest BCUT2D eigenvalue weighted by molar-refractivity contribution is -0.119. The second kappa shape index (κ2) is 8.16. The van der Waals surface area contributed by atoms with Crippen LogP contribution in [0.4, 0.5) is 17.2 Å². The van der Waals surface area contributed by atoms with Crippen molar-refractivity contribution in [3.63, 3.8) is 0 Å². The Morgan fingerprint density at radius 1 is 1.03 bits per heavy atom. The minimum atomic E-state index is -0.231. The van der Waals surface area contributed by atoms with Gasteiger partial charge in [0, 0.05) is 38.9 Å². The number of carbonyl (C=O) groups is 2. The molecule has 2 aromatic rings. The number of carbonyl (C=O) groups excluding carboxylic acids is 2. The van der Waals surface area contributed by atoms with Gasteiger partial charge in [0.15, 0.2) is 5.82 Å². The molecule has 7 heteroatoms. The fourth-order valence-electron chi connectivity index (χ4n) is 4.13. The Morgan fingerprint density at radius 3 is 2.47 bits per heavy atom. The van der Waals surface area contributed by atoms with E-state index >= 15 is 0 Å². The third-order valence-corrected chi connectivity index (χ3v) is 5.41. The van der Waals surface area contributed by atoms with Gasteiger partial charge in [0.25, 0.3) is 5.91 Å². The highest BCUT2D eigenvalue weighted by molar-refractivity contribution is 6.17. The maximum Gasteiger partial charge on any atom is 0.257 e. The molecule has 0 radical (unpaired) electrons. The van der Waals surface area contributed by atoms with Gasteiger partial charge in [-0.25, -0.2) is 4.98 Å². The smallest absolute Gasteiger partial charge is 0.257 e. The summed E-state index contributed by atoms with van der Waals surface area (Å²) in [5, 5.41) is 2.88.